The summed E-state index contributed by atoms with van der Waals surface area (Å²) in [4.78, 5) is 42.7. The average Bonchev–Trinajstić information content (AvgIpc) is 2.91. The van der Waals surface area contributed by atoms with Gasteiger partial charge in [-0.2, -0.15) is 0 Å². The van der Waals surface area contributed by atoms with Gasteiger partial charge in [-0.3, -0.25) is 9.59 Å². The molecule has 2 N–H and O–H groups in total. The van der Waals surface area contributed by atoms with Gasteiger partial charge in [-0.1, -0.05) is 57.7 Å². The van der Waals surface area contributed by atoms with Crippen LogP contribution in [0.2, 0.25) is 0 Å². The molecule has 0 saturated heterocycles. The van der Waals surface area contributed by atoms with Crippen molar-refractivity contribution in [2.24, 2.45) is 5.92 Å². The third kappa shape index (κ3) is 10.5. The molecule has 0 bridgehead atoms. The summed E-state index contributed by atoms with van der Waals surface area (Å²) < 4.78 is 10.7. The summed E-state index contributed by atoms with van der Waals surface area (Å²) in [6, 6.07) is 12.1. The Kier molecular flexibility index (Phi) is 12.7. The SMILES string of the molecule is C#Cc1ccccc1C(C(=O)Nc1ccc(OC)cc1)N(CCCCC)C(=O)C(CC(C)C)NC(=O)OC(C)(C)C. The van der Waals surface area contributed by atoms with Crippen LogP contribution in [0.4, 0.5) is 10.5 Å². The molecule has 222 valence electrons. The monoisotopic (exact) mass is 563 g/mol. The molecule has 41 heavy (non-hydrogen) atoms. The Morgan fingerprint density at radius 2 is 1.68 bits per heavy atom. The van der Waals surface area contributed by atoms with Crippen LogP contribution in [-0.4, -0.2) is 48.1 Å². The Hall–Kier alpha value is -3.99. The molecular weight excluding hydrogens is 518 g/mol. The van der Waals surface area contributed by atoms with E-state index >= 15 is 0 Å². The molecule has 0 aliphatic heterocycles. The summed E-state index contributed by atoms with van der Waals surface area (Å²) in [6.45, 7) is 11.6. The normalized spacial score (nSPS) is 12.6. The van der Waals surface area contributed by atoms with E-state index in [9.17, 15) is 14.4 Å². The van der Waals surface area contributed by atoms with Gasteiger partial charge in [-0.25, -0.2) is 4.79 Å². The number of carbonyl (C=O) groups excluding carboxylic acids is 3. The highest BCUT2D eigenvalue weighted by atomic mass is 16.6. The van der Waals surface area contributed by atoms with Crippen LogP contribution in [0.1, 0.15) is 84.4 Å². The van der Waals surface area contributed by atoms with Crippen molar-refractivity contribution in [3.8, 4) is 18.1 Å². The van der Waals surface area contributed by atoms with Crippen LogP contribution in [0.5, 0.6) is 5.75 Å². The van der Waals surface area contributed by atoms with Gasteiger partial charge in [0.1, 0.15) is 23.4 Å². The summed E-state index contributed by atoms with van der Waals surface area (Å²) in [5, 5.41) is 5.72. The first kappa shape index (κ1) is 33.2. The Balaban J connectivity index is 2.59. The number of unbranched alkanes of at least 4 members (excludes halogenated alkanes) is 2. The maximum Gasteiger partial charge on any atom is 0.408 e. The molecule has 0 fully saturated rings. The summed E-state index contributed by atoms with van der Waals surface area (Å²) >= 11 is 0. The smallest absolute Gasteiger partial charge is 0.408 e. The van der Waals surface area contributed by atoms with Gasteiger partial charge in [0.05, 0.1) is 7.11 Å². The standard InChI is InChI=1S/C33H45N3O5/c1-9-11-14-21-36(31(38)28(22-23(3)4)35-32(39)41-33(5,6)7)29(27-16-13-12-15-24(27)10-2)30(37)34-25-17-19-26(40-8)20-18-25/h2,12-13,15-20,23,28-29H,9,11,14,21-22H2,1,3-8H3,(H,34,37)(H,35,39). The maximum absolute atomic E-state index is 14.3. The zero-order chi connectivity index (χ0) is 30.6. The minimum Gasteiger partial charge on any atom is -0.497 e. The van der Waals surface area contributed by atoms with Crippen LogP contribution in [0.15, 0.2) is 48.5 Å². The molecule has 2 atom stereocenters. The Morgan fingerprint density at radius 3 is 2.24 bits per heavy atom. The van der Waals surface area contributed by atoms with E-state index in [1.165, 1.54) is 0 Å². The lowest BCUT2D eigenvalue weighted by Crippen LogP contribution is -2.53. The summed E-state index contributed by atoms with van der Waals surface area (Å²) in [7, 11) is 1.57. The van der Waals surface area contributed by atoms with Crippen molar-refractivity contribution in [3.05, 3.63) is 59.7 Å². The molecule has 0 spiro atoms. The number of terminal acetylenes is 1. The van der Waals surface area contributed by atoms with E-state index < -0.39 is 29.7 Å². The molecule has 8 nitrogen and oxygen atoms in total. The lowest BCUT2D eigenvalue weighted by molar-refractivity contribution is -0.141. The lowest BCUT2D eigenvalue weighted by atomic mass is 9.95. The van der Waals surface area contributed by atoms with E-state index in [0.717, 1.165) is 12.8 Å². The van der Waals surface area contributed by atoms with Crippen LogP contribution in [0.25, 0.3) is 0 Å². The number of rotatable bonds is 13. The lowest BCUT2D eigenvalue weighted by Gasteiger charge is -2.35. The highest BCUT2D eigenvalue weighted by Gasteiger charge is 2.37. The fraction of sp³-hybridized carbons (Fsp3) is 0.485. The molecule has 8 heteroatoms. The van der Waals surface area contributed by atoms with Crippen LogP contribution in [0.3, 0.4) is 0 Å². The molecule has 3 amide bonds. The third-order valence-corrected chi connectivity index (χ3v) is 6.31. The number of amides is 3. The van der Waals surface area contributed by atoms with Crippen molar-refractivity contribution in [2.75, 3.05) is 19.0 Å². The topological polar surface area (TPSA) is 97.0 Å². The number of anilines is 1. The number of carbonyl (C=O) groups is 3. The highest BCUT2D eigenvalue weighted by molar-refractivity contribution is 5.99. The molecule has 0 radical (unpaired) electrons. The average molecular weight is 564 g/mol. The predicted molar refractivity (Wildman–Crippen MR) is 163 cm³/mol. The van der Waals surface area contributed by atoms with Gasteiger partial charge < -0.3 is 25.0 Å². The molecule has 2 aromatic rings. The maximum atomic E-state index is 14.3. The quantitative estimate of drug-likeness (QED) is 0.220. The first-order valence-electron chi connectivity index (χ1n) is 14.2. The second kappa shape index (κ2) is 15.7. The summed E-state index contributed by atoms with van der Waals surface area (Å²) in [5.74, 6) is 2.62. The second-order valence-electron chi connectivity index (χ2n) is 11.4. The Bertz CT molecular complexity index is 1190. The van der Waals surface area contributed by atoms with Crippen molar-refractivity contribution >= 4 is 23.6 Å². The first-order valence-corrected chi connectivity index (χ1v) is 14.2. The Morgan fingerprint density at radius 1 is 1.02 bits per heavy atom. The zero-order valence-electron chi connectivity index (χ0n) is 25.5. The molecule has 0 aliphatic carbocycles. The second-order valence-corrected chi connectivity index (χ2v) is 11.4. The molecule has 2 rings (SSSR count). The van der Waals surface area contributed by atoms with Gasteiger partial charge in [0.15, 0.2) is 0 Å². The number of methoxy groups -OCH3 is 1. The van der Waals surface area contributed by atoms with Crippen molar-refractivity contribution in [1.29, 1.82) is 0 Å². The number of nitrogens with zero attached hydrogens (tertiary/aromatic N) is 1. The zero-order valence-corrected chi connectivity index (χ0v) is 25.5. The van der Waals surface area contributed by atoms with Gasteiger partial charge in [-0.05, 0) is 75.4 Å². The van der Waals surface area contributed by atoms with E-state index in [-0.39, 0.29) is 11.8 Å². The number of benzene rings is 2. The molecular formula is C33H45N3O5. The van der Waals surface area contributed by atoms with E-state index in [1.54, 1.807) is 81.3 Å². The highest BCUT2D eigenvalue weighted by Crippen LogP contribution is 2.29. The fourth-order valence-electron chi connectivity index (χ4n) is 4.44. The number of nitrogens with one attached hydrogen (secondary N) is 2. The van der Waals surface area contributed by atoms with E-state index in [0.29, 0.717) is 42.0 Å². The molecule has 0 heterocycles. The van der Waals surface area contributed by atoms with Gasteiger partial charge >= 0.3 is 6.09 Å². The number of ether oxygens (including phenoxy) is 2. The van der Waals surface area contributed by atoms with Crippen molar-refractivity contribution in [2.45, 2.75) is 84.9 Å². The minimum absolute atomic E-state index is 0.0842. The van der Waals surface area contributed by atoms with Gasteiger partial charge in [0, 0.05) is 17.8 Å². The van der Waals surface area contributed by atoms with Crippen LogP contribution in [-0.2, 0) is 14.3 Å². The largest absolute Gasteiger partial charge is 0.497 e. The fourth-order valence-corrected chi connectivity index (χ4v) is 4.44. The number of hydrogen-bond acceptors (Lipinski definition) is 5. The number of hydrogen-bond donors (Lipinski definition) is 2. The third-order valence-electron chi connectivity index (χ3n) is 6.31. The van der Waals surface area contributed by atoms with Crippen LogP contribution in [0, 0.1) is 18.3 Å². The van der Waals surface area contributed by atoms with Crippen molar-refractivity contribution in [1.82, 2.24) is 10.2 Å². The molecule has 2 unspecified atom stereocenters. The van der Waals surface area contributed by atoms with Crippen molar-refractivity contribution in [3.63, 3.8) is 0 Å². The molecule has 0 aliphatic rings. The van der Waals surface area contributed by atoms with E-state index in [2.05, 4.69) is 23.5 Å². The van der Waals surface area contributed by atoms with Gasteiger partial charge in [0.25, 0.3) is 5.91 Å². The summed E-state index contributed by atoms with van der Waals surface area (Å²) in [6.07, 6.45) is 7.99. The van der Waals surface area contributed by atoms with Gasteiger partial charge in [0.2, 0.25) is 5.91 Å². The molecule has 0 aromatic heterocycles. The van der Waals surface area contributed by atoms with E-state index in [4.69, 9.17) is 15.9 Å². The summed E-state index contributed by atoms with van der Waals surface area (Å²) in [5.41, 5.74) is 0.858. The van der Waals surface area contributed by atoms with Crippen molar-refractivity contribution < 1.29 is 23.9 Å². The van der Waals surface area contributed by atoms with Crippen LogP contribution < -0.4 is 15.4 Å². The van der Waals surface area contributed by atoms with Crippen LogP contribution >= 0.6 is 0 Å². The molecule has 0 saturated carbocycles. The predicted octanol–water partition coefficient (Wildman–Crippen LogP) is 6.31. The molecule has 2 aromatic carbocycles. The first-order chi connectivity index (χ1) is 19.4. The number of alkyl carbamates (subject to hydrolysis) is 1. The Labute approximate surface area is 245 Å². The minimum atomic E-state index is -1.04. The van der Waals surface area contributed by atoms with E-state index in [1.807, 2.05) is 13.8 Å². The van der Waals surface area contributed by atoms with Gasteiger partial charge in [-0.15, -0.1) is 6.42 Å².